The Morgan fingerprint density at radius 2 is 2.00 bits per heavy atom. The number of nitrogens with one attached hydrogen (secondary N) is 1. The van der Waals surface area contributed by atoms with Gasteiger partial charge in [0.05, 0.1) is 6.54 Å². The van der Waals surface area contributed by atoms with E-state index >= 15 is 0 Å². The van der Waals surface area contributed by atoms with Gasteiger partial charge in [0, 0.05) is 13.5 Å². The molecule has 0 heterocycles. The molecule has 0 unspecified atom stereocenters. The van der Waals surface area contributed by atoms with Gasteiger partial charge in [-0.25, -0.2) is 9.59 Å². The van der Waals surface area contributed by atoms with E-state index in [9.17, 15) is 14.4 Å². The normalized spacial score (nSPS) is 11.1. The third-order valence-corrected chi connectivity index (χ3v) is 2.15. The summed E-state index contributed by atoms with van der Waals surface area (Å²) in [7, 11) is 1.44. The van der Waals surface area contributed by atoms with Crippen LogP contribution in [0.4, 0.5) is 4.79 Å². The molecule has 0 aromatic carbocycles. The molecule has 0 bridgehead atoms. The Bertz CT molecular complexity index is 361. The summed E-state index contributed by atoms with van der Waals surface area (Å²) in [5, 5.41) is 19.6. The van der Waals surface area contributed by atoms with Gasteiger partial charge >= 0.3 is 18.0 Å². The highest BCUT2D eigenvalue weighted by atomic mass is 16.4. The Labute approximate surface area is 105 Å². The molecular formula is C11H16N2O5. The standard InChI is InChI=1S/C11H16N2O5/c1-3-7-13(2)11(18)12-8(10(16)17)5-4-6-9(14)15/h1,8H,4-7H2,2H3,(H,12,18)(H,14,15)(H,16,17)/t8-/m1/s1. The molecule has 0 saturated heterocycles. The van der Waals surface area contributed by atoms with Gasteiger partial charge in [0.2, 0.25) is 0 Å². The first kappa shape index (κ1) is 15.8. The van der Waals surface area contributed by atoms with Crippen LogP contribution in [0.15, 0.2) is 0 Å². The van der Waals surface area contributed by atoms with E-state index in [-0.39, 0.29) is 25.8 Å². The molecule has 100 valence electrons. The van der Waals surface area contributed by atoms with E-state index in [1.807, 2.05) is 0 Å². The highest BCUT2D eigenvalue weighted by molar-refractivity contribution is 5.82. The lowest BCUT2D eigenvalue weighted by atomic mass is 10.1. The van der Waals surface area contributed by atoms with E-state index in [1.165, 1.54) is 7.05 Å². The maximum atomic E-state index is 11.5. The molecule has 0 rings (SSSR count). The number of hydrogen-bond donors (Lipinski definition) is 3. The van der Waals surface area contributed by atoms with Crippen LogP contribution in [0.5, 0.6) is 0 Å². The number of aliphatic carboxylic acids is 2. The molecule has 0 spiro atoms. The third-order valence-electron chi connectivity index (χ3n) is 2.15. The number of carbonyl (C=O) groups excluding carboxylic acids is 1. The number of hydrogen-bond acceptors (Lipinski definition) is 3. The summed E-state index contributed by atoms with van der Waals surface area (Å²) >= 11 is 0. The summed E-state index contributed by atoms with van der Waals surface area (Å²) in [5.74, 6) is 0.0385. The summed E-state index contributed by atoms with van der Waals surface area (Å²) in [4.78, 5) is 33.8. The third kappa shape index (κ3) is 6.37. The van der Waals surface area contributed by atoms with Crippen LogP contribution in [0.2, 0.25) is 0 Å². The minimum atomic E-state index is -1.21. The zero-order chi connectivity index (χ0) is 14.1. The summed E-state index contributed by atoms with van der Waals surface area (Å²) in [6, 6.07) is -1.72. The van der Waals surface area contributed by atoms with Crippen molar-refractivity contribution in [2.45, 2.75) is 25.3 Å². The van der Waals surface area contributed by atoms with Crippen LogP contribution in [-0.4, -0.2) is 52.7 Å². The van der Waals surface area contributed by atoms with Crippen molar-refractivity contribution in [3.63, 3.8) is 0 Å². The zero-order valence-corrected chi connectivity index (χ0v) is 10.0. The minimum Gasteiger partial charge on any atom is -0.481 e. The van der Waals surface area contributed by atoms with E-state index in [4.69, 9.17) is 16.6 Å². The number of carboxylic acids is 2. The fourth-order valence-electron chi connectivity index (χ4n) is 1.18. The summed E-state index contributed by atoms with van der Waals surface area (Å²) in [5.41, 5.74) is 0. The van der Waals surface area contributed by atoms with Crippen LogP contribution >= 0.6 is 0 Å². The number of carboxylic acid groups (broad SMARTS) is 2. The van der Waals surface area contributed by atoms with Crippen LogP contribution in [0.25, 0.3) is 0 Å². The lowest BCUT2D eigenvalue weighted by Crippen LogP contribution is -2.46. The van der Waals surface area contributed by atoms with E-state index in [0.29, 0.717) is 0 Å². The molecule has 0 aliphatic heterocycles. The van der Waals surface area contributed by atoms with Gasteiger partial charge in [-0.3, -0.25) is 4.79 Å². The summed E-state index contributed by atoms with van der Waals surface area (Å²) in [6.07, 6.45) is 5.10. The van der Waals surface area contributed by atoms with Crippen molar-refractivity contribution in [1.82, 2.24) is 10.2 Å². The molecule has 0 aromatic heterocycles. The SMILES string of the molecule is C#CCN(C)C(=O)N[C@H](CCCC(=O)O)C(=O)O. The first-order chi connectivity index (χ1) is 8.38. The molecule has 0 aliphatic carbocycles. The molecule has 2 amide bonds. The van der Waals surface area contributed by atoms with Gasteiger partial charge in [-0.15, -0.1) is 6.42 Å². The fraction of sp³-hybridized carbons (Fsp3) is 0.545. The second-order valence-corrected chi connectivity index (χ2v) is 3.69. The van der Waals surface area contributed by atoms with E-state index in [0.717, 1.165) is 4.90 Å². The van der Waals surface area contributed by atoms with Crippen molar-refractivity contribution < 1.29 is 24.6 Å². The van der Waals surface area contributed by atoms with Crippen LogP contribution in [0.3, 0.4) is 0 Å². The lowest BCUT2D eigenvalue weighted by Gasteiger charge is -2.19. The monoisotopic (exact) mass is 256 g/mol. The molecule has 7 heteroatoms. The first-order valence-corrected chi connectivity index (χ1v) is 5.28. The topological polar surface area (TPSA) is 107 Å². The second-order valence-electron chi connectivity index (χ2n) is 3.69. The van der Waals surface area contributed by atoms with Crippen molar-refractivity contribution in [1.29, 1.82) is 0 Å². The molecule has 0 aromatic rings. The van der Waals surface area contributed by atoms with E-state index in [1.54, 1.807) is 0 Å². The van der Waals surface area contributed by atoms with Crippen LogP contribution in [0, 0.1) is 12.3 Å². The van der Waals surface area contributed by atoms with Crippen molar-refractivity contribution >= 4 is 18.0 Å². The fourth-order valence-corrected chi connectivity index (χ4v) is 1.18. The van der Waals surface area contributed by atoms with E-state index < -0.39 is 24.0 Å². The quantitative estimate of drug-likeness (QED) is 0.554. The van der Waals surface area contributed by atoms with Gasteiger partial charge in [-0.2, -0.15) is 0 Å². The smallest absolute Gasteiger partial charge is 0.326 e. The molecule has 1 atom stereocenters. The highest BCUT2D eigenvalue weighted by Crippen LogP contribution is 2.02. The molecule has 7 nitrogen and oxygen atoms in total. The van der Waals surface area contributed by atoms with E-state index in [2.05, 4.69) is 11.2 Å². The Morgan fingerprint density at radius 1 is 1.39 bits per heavy atom. The molecule has 0 radical (unpaired) electrons. The predicted molar refractivity (Wildman–Crippen MR) is 62.9 cm³/mol. The average molecular weight is 256 g/mol. The van der Waals surface area contributed by atoms with Crippen molar-refractivity contribution in [3.8, 4) is 12.3 Å². The summed E-state index contributed by atoms with van der Waals surface area (Å²) in [6.45, 7) is 0.0628. The van der Waals surface area contributed by atoms with Crippen LogP contribution in [0.1, 0.15) is 19.3 Å². The van der Waals surface area contributed by atoms with Gasteiger partial charge in [0.15, 0.2) is 0 Å². The van der Waals surface area contributed by atoms with Crippen molar-refractivity contribution in [2.75, 3.05) is 13.6 Å². The van der Waals surface area contributed by atoms with Crippen LogP contribution in [-0.2, 0) is 9.59 Å². The maximum Gasteiger partial charge on any atom is 0.326 e. The average Bonchev–Trinajstić information content (AvgIpc) is 2.27. The van der Waals surface area contributed by atoms with Gasteiger partial charge in [0.1, 0.15) is 6.04 Å². The highest BCUT2D eigenvalue weighted by Gasteiger charge is 2.21. The van der Waals surface area contributed by atoms with Gasteiger partial charge in [-0.1, -0.05) is 5.92 Å². The molecule has 0 saturated carbocycles. The molecule has 0 fully saturated rings. The van der Waals surface area contributed by atoms with Gasteiger partial charge in [-0.05, 0) is 12.8 Å². The predicted octanol–water partition coefficient (Wildman–Crippen LogP) is -0.0309. The van der Waals surface area contributed by atoms with Crippen molar-refractivity contribution in [3.05, 3.63) is 0 Å². The molecule has 18 heavy (non-hydrogen) atoms. The van der Waals surface area contributed by atoms with Gasteiger partial charge < -0.3 is 20.4 Å². The number of urea groups is 1. The Balaban J connectivity index is 4.28. The maximum absolute atomic E-state index is 11.5. The Hall–Kier alpha value is -2.23. The number of nitrogens with zero attached hydrogens (tertiary/aromatic N) is 1. The second kappa shape index (κ2) is 7.95. The minimum absolute atomic E-state index is 0.0528. The molecule has 0 aliphatic rings. The largest absolute Gasteiger partial charge is 0.481 e. The Kier molecular flexibility index (Phi) is 6.96. The zero-order valence-electron chi connectivity index (χ0n) is 10.0. The lowest BCUT2D eigenvalue weighted by molar-refractivity contribution is -0.140. The van der Waals surface area contributed by atoms with Gasteiger partial charge in [0.25, 0.3) is 0 Å². The van der Waals surface area contributed by atoms with Crippen LogP contribution < -0.4 is 5.32 Å². The Morgan fingerprint density at radius 3 is 2.44 bits per heavy atom. The number of carbonyl (C=O) groups is 3. The number of amides is 2. The number of rotatable bonds is 7. The van der Waals surface area contributed by atoms with Crippen molar-refractivity contribution in [2.24, 2.45) is 0 Å². The molecule has 3 N–H and O–H groups in total. The first-order valence-electron chi connectivity index (χ1n) is 5.28. The summed E-state index contributed by atoms with van der Waals surface area (Å²) < 4.78 is 0. The molecular weight excluding hydrogens is 240 g/mol. The number of terminal acetylenes is 1.